The number of carbonyl (C=O) groups excluding carboxylic acids is 1. The van der Waals surface area contributed by atoms with Gasteiger partial charge >= 0.3 is 5.63 Å². The van der Waals surface area contributed by atoms with E-state index in [1.165, 1.54) is 0 Å². The SMILES string of the molecule is Cc1cc(CCC(C)C)oc(=O)c1C(=O)Nc1cn(C)nc1C. The molecule has 0 bridgehead atoms. The molecule has 6 nitrogen and oxygen atoms in total. The number of nitrogens with zero attached hydrogens (tertiary/aromatic N) is 2. The van der Waals surface area contributed by atoms with Gasteiger partial charge in [-0.3, -0.25) is 9.48 Å². The highest BCUT2D eigenvalue weighted by Crippen LogP contribution is 2.15. The smallest absolute Gasteiger partial charge is 0.349 e. The fourth-order valence-corrected chi connectivity index (χ4v) is 2.41. The van der Waals surface area contributed by atoms with Crippen LogP contribution in [0.3, 0.4) is 0 Å². The van der Waals surface area contributed by atoms with Gasteiger partial charge in [0.05, 0.1) is 11.4 Å². The average Bonchev–Trinajstić information content (AvgIpc) is 2.73. The van der Waals surface area contributed by atoms with Crippen LogP contribution < -0.4 is 10.9 Å². The van der Waals surface area contributed by atoms with Gasteiger partial charge in [-0.2, -0.15) is 5.10 Å². The Morgan fingerprint density at radius 1 is 1.39 bits per heavy atom. The quantitative estimate of drug-likeness (QED) is 0.920. The summed E-state index contributed by atoms with van der Waals surface area (Å²) in [6.45, 7) is 7.77. The van der Waals surface area contributed by atoms with Gasteiger partial charge in [-0.1, -0.05) is 13.8 Å². The molecule has 0 spiro atoms. The van der Waals surface area contributed by atoms with E-state index in [9.17, 15) is 9.59 Å². The van der Waals surface area contributed by atoms with Crippen molar-refractivity contribution in [3.8, 4) is 0 Å². The van der Waals surface area contributed by atoms with Crippen LogP contribution in [0.25, 0.3) is 0 Å². The van der Waals surface area contributed by atoms with E-state index in [1.807, 2.05) is 0 Å². The van der Waals surface area contributed by atoms with E-state index in [2.05, 4.69) is 24.3 Å². The first-order valence-electron chi connectivity index (χ1n) is 7.73. The summed E-state index contributed by atoms with van der Waals surface area (Å²) < 4.78 is 6.90. The molecule has 0 aromatic carbocycles. The van der Waals surface area contributed by atoms with Crippen LogP contribution in [0.1, 0.15) is 47.6 Å². The highest BCUT2D eigenvalue weighted by molar-refractivity contribution is 6.05. The van der Waals surface area contributed by atoms with Crippen molar-refractivity contribution in [1.29, 1.82) is 0 Å². The van der Waals surface area contributed by atoms with Gasteiger partial charge in [0.2, 0.25) is 0 Å². The lowest BCUT2D eigenvalue weighted by atomic mass is 10.0. The second-order valence-corrected chi connectivity index (χ2v) is 6.25. The number of nitrogens with one attached hydrogen (secondary N) is 1. The topological polar surface area (TPSA) is 77.1 Å². The Balaban J connectivity index is 2.23. The van der Waals surface area contributed by atoms with Gasteiger partial charge in [-0.15, -0.1) is 0 Å². The molecule has 0 aliphatic heterocycles. The van der Waals surface area contributed by atoms with Crippen molar-refractivity contribution >= 4 is 11.6 Å². The Hall–Kier alpha value is -2.37. The minimum Gasteiger partial charge on any atom is -0.427 e. The summed E-state index contributed by atoms with van der Waals surface area (Å²) in [5.74, 6) is 0.676. The Labute approximate surface area is 135 Å². The summed E-state index contributed by atoms with van der Waals surface area (Å²) in [5.41, 5.74) is 1.35. The van der Waals surface area contributed by atoms with Crippen LogP contribution in [0.15, 0.2) is 21.5 Å². The zero-order valence-electron chi connectivity index (χ0n) is 14.3. The maximum Gasteiger partial charge on any atom is 0.349 e. The van der Waals surface area contributed by atoms with Crippen molar-refractivity contribution in [3.63, 3.8) is 0 Å². The first kappa shape index (κ1) is 17.0. The third-order valence-corrected chi connectivity index (χ3v) is 3.66. The molecule has 0 saturated carbocycles. The van der Waals surface area contributed by atoms with E-state index in [4.69, 9.17) is 4.42 Å². The van der Waals surface area contributed by atoms with E-state index in [0.717, 1.165) is 6.42 Å². The third kappa shape index (κ3) is 4.09. The first-order chi connectivity index (χ1) is 10.8. The number of rotatable bonds is 5. The number of aryl methyl sites for hydroxylation is 4. The summed E-state index contributed by atoms with van der Waals surface area (Å²) >= 11 is 0. The minimum absolute atomic E-state index is 0.0431. The van der Waals surface area contributed by atoms with Crippen LogP contribution in [-0.4, -0.2) is 15.7 Å². The van der Waals surface area contributed by atoms with E-state index in [0.29, 0.717) is 35.0 Å². The zero-order chi connectivity index (χ0) is 17.1. The predicted molar refractivity (Wildman–Crippen MR) is 88.8 cm³/mol. The van der Waals surface area contributed by atoms with Crippen LogP contribution in [0.2, 0.25) is 0 Å². The molecule has 1 amide bonds. The van der Waals surface area contributed by atoms with Crippen molar-refractivity contribution < 1.29 is 9.21 Å². The summed E-state index contributed by atoms with van der Waals surface area (Å²) in [4.78, 5) is 24.6. The summed E-state index contributed by atoms with van der Waals surface area (Å²) in [6, 6.07) is 1.77. The largest absolute Gasteiger partial charge is 0.427 e. The Bertz CT molecular complexity index is 772. The molecule has 0 saturated heterocycles. The second kappa shape index (κ2) is 6.81. The highest BCUT2D eigenvalue weighted by Gasteiger charge is 2.18. The van der Waals surface area contributed by atoms with Crippen LogP contribution in [0.5, 0.6) is 0 Å². The molecule has 6 heteroatoms. The predicted octanol–water partition coefficient (Wildman–Crippen LogP) is 2.83. The molecule has 1 N–H and O–H groups in total. The van der Waals surface area contributed by atoms with Gasteiger partial charge in [0, 0.05) is 19.7 Å². The summed E-state index contributed by atoms with van der Waals surface area (Å²) in [7, 11) is 1.77. The molecule has 0 radical (unpaired) electrons. The van der Waals surface area contributed by atoms with Crippen molar-refractivity contribution in [2.45, 2.75) is 40.5 Å². The van der Waals surface area contributed by atoms with Crippen LogP contribution >= 0.6 is 0 Å². The molecule has 0 aliphatic rings. The van der Waals surface area contributed by atoms with Crippen molar-refractivity contribution in [3.05, 3.63) is 45.3 Å². The standard InChI is InChI=1S/C17H23N3O3/c1-10(2)6-7-13-8-11(3)15(17(22)23-13)16(21)18-14-9-20(5)19-12(14)4/h8-10H,6-7H2,1-5H3,(H,18,21). The average molecular weight is 317 g/mol. The van der Waals surface area contributed by atoms with Gasteiger partial charge in [0.15, 0.2) is 0 Å². The molecule has 2 heterocycles. The van der Waals surface area contributed by atoms with E-state index in [1.54, 1.807) is 37.8 Å². The van der Waals surface area contributed by atoms with Gasteiger partial charge in [-0.05, 0) is 37.8 Å². The van der Waals surface area contributed by atoms with Gasteiger partial charge in [0.1, 0.15) is 11.3 Å². The molecule has 0 unspecified atom stereocenters. The van der Waals surface area contributed by atoms with Gasteiger partial charge < -0.3 is 9.73 Å². The van der Waals surface area contributed by atoms with E-state index in [-0.39, 0.29) is 5.56 Å². The minimum atomic E-state index is -0.595. The molecule has 0 atom stereocenters. The Kier molecular flexibility index (Phi) is 5.03. The van der Waals surface area contributed by atoms with E-state index < -0.39 is 11.5 Å². The van der Waals surface area contributed by atoms with Gasteiger partial charge in [0.25, 0.3) is 5.91 Å². The first-order valence-corrected chi connectivity index (χ1v) is 7.73. The molecule has 2 aromatic heterocycles. The molecular formula is C17H23N3O3. The monoisotopic (exact) mass is 317 g/mol. The maximum absolute atomic E-state index is 12.4. The number of aromatic nitrogens is 2. The van der Waals surface area contributed by atoms with Crippen LogP contribution in [0.4, 0.5) is 5.69 Å². The number of hydrogen-bond donors (Lipinski definition) is 1. The fraction of sp³-hybridized carbons (Fsp3) is 0.471. The number of anilines is 1. The molecule has 2 rings (SSSR count). The van der Waals surface area contributed by atoms with E-state index >= 15 is 0 Å². The zero-order valence-corrected chi connectivity index (χ0v) is 14.3. The number of carbonyl (C=O) groups is 1. The Morgan fingerprint density at radius 3 is 2.61 bits per heavy atom. The molecule has 0 fully saturated rings. The second-order valence-electron chi connectivity index (χ2n) is 6.25. The summed E-state index contributed by atoms with van der Waals surface area (Å²) in [5, 5.41) is 6.87. The third-order valence-electron chi connectivity index (χ3n) is 3.66. The van der Waals surface area contributed by atoms with Crippen LogP contribution in [0, 0.1) is 19.8 Å². The van der Waals surface area contributed by atoms with Crippen molar-refractivity contribution in [1.82, 2.24) is 9.78 Å². The molecule has 0 aliphatic carbocycles. The molecule has 2 aromatic rings. The fourth-order valence-electron chi connectivity index (χ4n) is 2.41. The maximum atomic E-state index is 12.4. The lowest BCUT2D eigenvalue weighted by Crippen LogP contribution is -2.23. The highest BCUT2D eigenvalue weighted by atomic mass is 16.4. The van der Waals surface area contributed by atoms with Gasteiger partial charge in [-0.25, -0.2) is 4.79 Å². The normalized spacial score (nSPS) is 11.0. The molecular weight excluding hydrogens is 294 g/mol. The summed E-state index contributed by atoms with van der Waals surface area (Å²) in [6.07, 6.45) is 3.32. The molecule has 124 valence electrons. The lowest BCUT2D eigenvalue weighted by molar-refractivity contribution is 0.102. The number of hydrogen-bond acceptors (Lipinski definition) is 4. The lowest BCUT2D eigenvalue weighted by Gasteiger charge is -2.08. The van der Waals surface area contributed by atoms with Crippen molar-refractivity contribution in [2.24, 2.45) is 13.0 Å². The van der Waals surface area contributed by atoms with Crippen LogP contribution in [-0.2, 0) is 13.5 Å². The van der Waals surface area contributed by atoms with Crippen molar-refractivity contribution in [2.75, 3.05) is 5.32 Å². The molecule has 23 heavy (non-hydrogen) atoms. The number of amides is 1. The Morgan fingerprint density at radius 2 is 2.09 bits per heavy atom.